The summed E-state index contributed by atoms with van der Waals surface area (Å²) in [6.07, 6.45) is 5.91. The molecule has 1 aliphatic rings. The predicted octanol–water partition coefficient (Wildman–Crippen LogP) is 2.08. The fourth-order valence-electron chi connectivity index (χ4n) is 2.78. The van der Waals surface area contributed by atoms with Gasteiger partial charge in [-0.15, -0.1) is 12.4 Å². The van der Waals surface area contributed by atoms with Crippen LogP contribution in [0.5, 0.6) is 0 Å². The topological polar surface area (TPSA) is 103 Å². The van der Waals surface area contributed by atoms with Crippen LogP contribution in [0.15, 0.2) is 4.52 Å². The summed E-state index contributed by atoms with van der Waals surface area (Å²) in [5, 5.41) is 6.92. The van der Waals surface area contributed by atoms with Crippen molar-refractivity contribution in [3.63, 3.8) is 0 Å². The molecule has 2 rings (SSSR count). The maximum Gasteiger partial charge on any atom is 0.248 e. The van der Waals surface area contributed by atoms with E-state index in [1.165, 1.54) is 19.3 Å². The molecule has 7 nitrogen and oxygen atoms in total. The van der Waals surface area contributed by atoms with Gasteiger partial charge in [0.05, 0.1) is 12.5 Å². The van der Waals surface area contributed by atoms with Crippen molar-refractivity contribution in [2.24, 2.45) is 5.73 Å². The number of carbonyl (C=O) groups is 1. The van der Waals surface area contributed by atoms with Crippen LogP contribution in [0.3, 0.4) is 0 Å². The molecule has 2 atom stereocenters. The van der Waals surface area contributed by atoms with Crippen molar-refractivity contribution < 1.29 is 14.1 Å². The summed E-state index contributed by atoms with van der Waals surface area (Å²) in [5.74, 6) is 1.48. The molecule has 0 spiro atoms. The first-order valence-corrected chi connectivity index (χ1v) is 7.99. The van der Waals surface area contributed by atoms with Crippen LogP contribution in [0.4, 0.5) is 0 Å². The number of nitrogens with one attached hydrogen (secondary N) is 1. The number of nitrogens with two attached hydrogens (primary N) is 1. The summed E-state index contributed by atoms with van der Waals surface area (Å²) in [6, 6.07) is -0.312. The third kappa shape index (κ3) is 5.75. The van der Waals surface area contributed by atoms with E-state index in [1.54, 1.807) is 7.11 Å². The summed E-state index contributed by atoms with van der Waals surface area (Å²) < 4.78 is 10.4. The molecule has 1 heterocycles. The lowest BCUT2D eigenvalue weighted by Gasteiger charge is -2.17. The number of halogens is 1. The van der Waals surface area contributed by atoms with Gasteiger partial charge in [0.1, 0.15) is 6.04 Å². The molecule has 1 fully saturated rings. The minimum Gasteiger partial charge on any atom is -0.380 e. The predicted molar refractivity (Wildman–Crippen MR) is 88.4 cm³/mol. The van der Waals surface area contributed by atoms with Gasteiger partial charge in [-0.05, 0) is 19.8 Å². The van der Waals surface area contributed by atoms with Crippen LogP contribution in [0, 0.1) is 0 Å². The van der Waals surface area contributed by atoms with E-state index in [-0.39, 0.29) is 36.9 Å². The monoisotopic (exact) mass is 346 g/mol. The Balaban J connectivity index is 0.00000264. The zero-order valence-electron chi connectivity index (χ0n) is 13.8. The molecule has 0 aliphatic heterocycles. The van der Waals surface area contributed by atoms with Gasteiger partial charge in [0.15, 0.2) is 5.82 Å². The molecule has 3 N–H and O–H groups in total. The van der Waals surface area contributed by atoms with Crippen LogP contribution < -0.4 is 11.1 Å². The second-order valence-corrected chi connectivity index (χ2v) is 5.91. The standard InChI is InChI=1S/C15H26N4O3.ClH/c1-10(17-13(20)8-12(9-16)21-2)15-18-14(19-22-15)11-6-4-3-5-7-11;/h10-12H,3-9,16H2,1-2H3,(H,17,20);1H. The lowest BCUT2D eigenvalue weighted by Crippen LogP contribution is -2.33. The quantitative estimate of drug-likeness (QED) is 0.783. The number of ether oxygens (including phenoxy) is 1. The van der Waals surface area contributed by atoms with Gasteiger partial charge in [0, 0.05) is 19.6 Å². The molecule has 0 aromatic carbocycles. The first-order chi connectivity index (χ1) is 10.6. The van der Waals surface area contributed by atoms with Crippen molar-refractivity contribution in [3.8, 4) is 0 Å². The van der Waals surface area contributed by atoms with Gasteiger partial charge in [-0.2, -0.15) is 4.98 Å². The van der Waals surface area contributed by atoms with Gasteiger partial charge in [-0.1, -0.05) is 24.4 Å². The summed E-state index contributed by atoms with van der Waals surface area (Å²) in [6.45, 7) is 2.14. The highest BCUT2D eigenvalue weighted by molar-refractivity contribution is 5.85. The van der Waals surface area contributed by atoms with Crippen LogP contribution in [0.1, 0.15) is 69.1 Å². The minimum absolute atomic E-state index is 0. The van der Waals surface area contributed by atoms with Crippen molar-refractivity contribution in [2.45, 2.75) is 63.5 Å². The number of nitrogens with zero attached hydrogens (tertiary/aromatic N) is 2. The largest absolute Gasteiger partial charge is 0.380 e. The highest BCUT2D eigenvalue weighted by Crippen LogP contribution is 2.31. The number of carbonyl (C=O) groups excluding carboxylic acids is 1. The van der Waals surface area contributed by atoms with Gasteiger partial charge in [-0.3, -0.25) is 4.79 Å². The molecule has 0 bridgehead atoms. The van der Waals surface area contributed by atoms with Crippen molar-refractivity contribution >= 4 is 18.3 Å². The normalized spacial score (nSPS) is 18.0. The molecule has 1 amide bonds. The third-order valence-corrected chi connectivity index (χ3v) is 4.18. The molecule has 1 aromatic rings. The molecule has 1 aromatic heterocycles. The second kappa shape index (κ2) is 9.85. The average Bonchev–Trinajstić information content (AvgIpc) is 3.03. The molecule has 0 radical (unpaired) electrons. The number of aromatic nitrogens is 2. The smallest absolute Gasteiger partial charge is 0.248 e. The fraction of sp³-hybridized carbons (Fsp3) is 0.800. The molecule has 2 unspecified atom stereocenters. The van der Waals surface area contributed by atoms with E-state index in [9.17, 15) is 4.79 Å². The minimum atomic E-state index is -0.312. The molecular weight excluding hydrogens is 320 g/mol. The van der Waals surface area contributed by atoms with Crippen LogP contribution in [0.25, 0.3) is 0 Å². The van der Waals surface area contributed by atoms with E-state index < -0.39 is 0 Å². The van der Waals surface area contributed by atoms with E-state index in [1.807, 2.05) is 6.92 Å². The highest BCUT2D eigenvalue weighted by atomic mass is 35.5. The van der Waals surface area contributed by atoms with Crippen LogP contribution in [0.2, 0.25) is 0 Å². The van der Waals surface area contributed by atoms with Crippen molar-refractivity contribution in [1.29, 1.82) is 0 Å². The van der Waals surface area contributed by atoms with E-state index >= 15 is 0 Å². The second-order valence-electron chi connectivity index (χ2n) is 5.91. The number of hydrogen-bond donors (Lipinski definition) is 2. The Hall–Kier alpha value is -1.18. The number of rotatable bonds is 7. The van der Waals surface area contributed by atoms with Crippen molar-refractivity contribution in [2.75, 3.05) is 13.7 Å². The highest BCUT2D eigenvalue weighted by Gasteiger charge is 2.23. The summed E-state index contributed by atoms with van der Waals surface area (Å²) >= 11 is 0. The van der Waals surface area contributed by atoms with E-state index in [0.717, 1.165) is 18.7 Å². The van der Waals surface area contributed by atoms with Crippen molar-refractivity contribution in [3.05, 3.63) is 11.7 Å². The Morgan fingerprint density at radius 1 is 1.43 bits per heavy atom. The fourth-order valence-corrected chi connectivity index (χ4v) is 2.78. The van der Waals surface area contributed by atoms with Gasteiger partial charge >= 0.3 is 0 Å². The van der Waals surface area contributed by atoms with Gasteiger partial charge in [-0.25, -0.2) is 0 Å². The van der Waals surface area contributed by atoms with E-state index in [0.29, 0.717) is 18.4 Å². The zero-order valence-corrected chi connectivity index (χ0v) is 14.6. The molecule has 8 heteroatoms. The summed E-state index contributed by atoms with van der Waals surface area (Å²) in [5.41, 5.74) is 5.51. The molecular formula is C15H27ClN4O3. The first kappa shape index (κ1) is 19.9. The molecule has 132 valence electrons. The number of methoxy groups -OCH3 is 1. The Kier molecular flexibility index (Phi) is 8.51. The summed E-state index contributed by atoms with van der Waals surface area (Å²) in [4.78, 5) is 16.4. The van der Waals surface area contributed by atoms with Crippen LogP contribution in [-0.2, 0) is 9.53 Å². The Morgan fingerprint density at radius 2 is 2.13 bits per heavy atom. The van der Waals surface area contributed by atoms with E-state index in [2.05, 4.69) is 15.5 Å². The average molecular weight is 347 g/mol. The Bertz CT molecular complexity index is 473. The van der Waals surface area contributed by atoms with Gasteiger partial charge in [0.2, 0.25) is 11.8 Å². The molecule has 1 saturated carbocycles. The molecule has 1 aliphatic carbocycles. The number of hydrogen-bond acceptors (Lipinski definition) is 6. The maximum absolute atomic E-state index is 11.9. The van der Waals surface area contributed by atoms with E-state index in [4.69, 9.17) is 15.0 Å². The Labute approximate surface area is 143 Å². The first-order valence-electron chi connectivity index (χ1n) is 7.99. The SMILES string of the molecule is COC(CN)CC(=O)NC(C)c1nc(C2CCCCC2)no1.Cl. The third-order valence-electron chi connectivity index (χ3n) is 4.18. The lowest BCUT2D eigenvalue weighted by atomic mass is 9.89. The number of amides is 1. The van der Waals surface area contributed by atoms with Crippen LogP contribution >= 0.6 is 12.4 Å². The van der Waals surface area contributed by atoms with Crippen molar-refractivity contribution in [1.82, 2.24) is 15.5 Å². The maximum atomic E-state index is 11.9. The molecule has 23 heavy (non-hydrogen) atoms. The zero-order chi connectivity index (χ0) is 15.9. The lowest BCUT2D eigenvalue weighted by molar-refractivity contribution is -0.124. The Morgan fingerprint density at radius 3 is 2.74 bits per heavy atom. The van der Waals surface area contributed by atoms with Gasteiger partial charge < -0.3 is 20.3 Å². The summed E-state index contributed by atoms with van der Waals surface area (Å²) in [7, 11) is 1.54. The molecule has 0 saturated heterocycles. The van der Waals surface area contributed by atoms with Gasteiger partial charge in [0.25, 0.3) is 0 Å². The van der Waals surface area contributed by atoms with Crippen LogP contribution in [-0.4, -0.2) is 35.8 Å².